The molecular formula is C21H21N5O3S. The number of carbonyl (C=O) groups excluding carboxylic acids is 2. The smallest absolute Gasteiger partial charge is 0.230 e. The average Bonchev–Trinajstić information content (AvgIpc) is 3.21. The Morgan fingerprint density at radius 3 is 2.97 bits per heavy atom. The van der Waals surface area contributed by atoms with Gasteiger partial charge in [-0.15, -0.1) is 10.2 Å². The summed E-state index contributed by atoms with van der Waals surface area (Å²) in [4.78, 5) is 23.9. The van der Waals surface area contributed by atoms with Crippen LogP contribution in [0.4, 0.5) is 5.69 Å². The Morgan fingerprint density at radius 2 is 2.10 bits per heavy atom. The van der Waals surface area contributed by atoms with Gasteiger partial charge in [-0.25, -0.2) is 0 Å². The van der Waals surface area contributed by atoms with Crippen LogP contribution in [0.3, 0.4) is 0 Å². The van der Waals surface area contributed by atoms with Crippen molar-refractivity contribution in [1.29, 1.82) is 0 Å². The SMILES string of the molecule is CC(=O)Nc1cccc(-n2cnnc2SCC(=O)NC2CCOc3ccccc32)c1. The van der Waals surface area contributed by atoms with Crippen LogP contribution in [0.2, 0.25) is 0 Å². The highest BCUT2D eigenvalue weighted by molar-refractivity contribution is 7.99. The molecule has 2 N–H and O–H groups in total. The van der Waals surface area contributed by atoms with E-state index in [0.29, 0.717) is 17.5 Å². The minimum Gasteiger partial charge on any atom is -0.493 e. The van der Waals surface area contributed by atoms with Crippen LogP contribution in [-0.4, -0.2) is 38.9 Å². The lowest BCUT2D eigenvalue weighted by Gasteiger charge is -2.26. The Morgan fingerprint density at radius 1 is 1.23 bits per heavy atom. The van der Waals surface area contributed by atoms with Crippen molar-refractivity contribution in [1.82, 2.24) is 20.1 Å². The predicted molar refractivity (Wildman–Crippen MR) is 114 cm³/mol. The third-order valence-corrected chi connectivity index (χ3v) is 5.53. The molecule has 3 aromatic rings. The maximum atomic E-state index is 12.6. The average molecular weight is 423 g/mol. The monoisotopic (exact) mass is 423 g/mol. The van der Waals surface area contributed by atoms with E-state index < -0.39 is 0 Å². The molecule has 2 amide bonds. The van der Waals surface area contributed by atoms with Gasteiger partial charge in [0.15, 0.2) is 5.16 Å². The second-order valence-electron chi connectivity index (χ2n) is 6.80. The number of hydrogen-bond acceptors (Lipinski definition) is 6. The zero-order valence-corrected chi connectivity index (χ0v) is 17.2. The van der Waals surface area contributed by atoms with Crippen molar-refractivity contribution in [2.75, 3.05) is 17.7 Å². The summed E-state index contributed by atoms with van der Waals surface area (Å²) in [7, 11) is 0. The molecule has 2 aromatic carbocycles. The molecule has 1 aliphatic heterocycles. The number of nitrogens with zero attached hydrogens (tertiary/aromatic N) is 3. The lowest BCUT2D eigenvalue weighted by molar-refractivity contribution is -0.119. The number of aromatic nitrogens is 3. The maximum absolute atomic E-state index is 12.6. The summed E-state index contributed by atoms with van der Waals surface area (Å²) in [5.41, 5.74) is 2.48. The maximum Gasteiger partial charge on any atom is 0.230 e. The van der Waals surface area contributed by atoms with Crippen LogP contribution in [-0.2, 0) is 9.59 Å². The van der Waals surface area contributed by atoms with E-state index in [2.05, 4.69) is 20.8 Å². The second kappa shape index (κ2) is 9.00. The molecule has 154 valence electrons. The fraction of sp³-hybridized carbons (Fsp3) is 0.238. The lowest BCUT2D eigenvalue weighted by Crippen LogP contribution is -2.33. The summed E-state index contributed by atoms with van der Waals surface area (Å²) in [6.45, 7) is 2.04. The van der Waals surface area contributed by atoms with Crippen molar-refractivity contribution >= 4 is 29.3 Å². The van der Waals surface area contributed by atoms with Gasteiger partial charge in [-0.2, -0.15) is 0 Å². The Labute approximate surface area is 178 Å². The molecular weight excluding hydrogens is 402 g/mol. The molecule has 0 saturated carbocycles. The highest BCUT2D eigenvalue weighted by Crippen LogP contribution is 2.31. The Kier molecular flexibility index (Phi) is 5.99. The lowest BCUT2D eigenvalue weighted by atomic mass is 10.0. The summed E-state index contributed by atoms with van der Waals surface area (Å²) >= 11 is 1.31. The number of nitrogens with one attached hydrogen (secondary N) is 2. The molecule has 0 saturated heterocycles. The van der Waals surface area contributed by atoms with E-state index in [9.17, 15) is 9.59 Å². The van der Waals surface area contributed by atoms with Gasteiger partial charge in [0.1, 0.15) is 12.1 Å². The summed E-state index contributed by atoms with van der Waals surface area (Å²) in [6, 6.07) is 15.1. The molecule has 0 bridgehead atoms. The summed E-state index contributed by atoms with van der Waals surface area (Å²) in [5, 5.41) is 14.5. The molecule has 1 aliphatic rings. The van der Waals surface area contributed by atoms with Crippen LogP contribution in [0.25, 0.3) is 5.69 Å². The number of thioether (sulfide) groups is 1. The number of anilines is 1. The highest BCUT2D eigenvalue weighted by atomic mass is 32.2. The number of ether oxygens (including phenoxy) is 1. The van der Waals surface area contributed by atoms with Crippen LogP contribution in [0.15, 0.2) is 60.0 Å². The van der Waals surface area contributed by atoms with Crippen LogP contribution < -0.4 is 15.4 Å². The van der Waals surface area contributed by atoms with Gasteiger partial charge in [-0.1, -0.05) is 36.0 Å². The Balaban J connectivity index is 1.41. The Bertz CT molecular complexity index is 1070. The molecule has 2 heterocycles. The normalized spacial score (nSPS) is 15.0. The van der Waals surface area contributed by atoms with Crippen molar-refractivity contribution in [3.8, 4) is 11.4 Å². The van der Waals surface area contributed by atoms with E-state index in [1.54, 1.807) is 17.0 Å². The first kappa shape index (κ1) is 20.0. The van der Waals surface area contributed by atoms with Gasteiger partial charge in [-0.05, 0) is 24.3 Å². The molecule has 9 heteroatoms. The fourth-order valence-corrected chi connectivity index (χ4v) is 4.03. The topological polar surface area (TPSA) is 98.1 Å². The second-order valence-corrected chi connectivity index (χ2v) is 7.74. The summed E-state index contributed by atoms with van der Waals surface area (Å²) in [6.07, 6.45) is 2.32. The minimum atomic E-state index is -0.142. The molecule has 30 heavy (non-hydrogen) atoms. The Hall–Kier alpha value is -3.33. The minimum absolute atomic E-state index is 0.0599. The van der Waals surface area contributed by atoms with Crippen molar-refractivity contribution in [3.05, 3.63) is 60.4 Å². The van der Waals surface area contributed by atoms with Gasteiger partial charge >= 0.3 is 0 Å². The zero-order chi connectivity index (χ0) is 20.9. The molecule has 1 atom stereocenters. The van der Waals surface area contributed by atoms with Gasteiger partial charge in [-0.3, -0.25) is 14.2 Å². The molecule has 8 nitrogen and oxygen atoms in total. The number of benzene rings is 2. The third kappa shape index (κ3) is 4.62. The van der Waals surface area contributed by atoms with Crippen LogP contribution in [0.1, 0.15) is 24.9 Å². The highest BCUT2D eigenvalue weighted by Gasteiger charge is 2.22. The number of para-hydroxylation sites is 1. The molecule has 1 aromatic heterocycles. The van der Waals surface area contributed by atoms with Crippen LogP contribution in [0, 0.1) is 0 Å². The van der Waals surface area contributed by atoms with Crippen LogP contribution >= 0.6 is 11.8 Å². The van der Waals surface area contributed by atoms with E-state index in [4.69, 9.17) is 4.74 Å². The van der Waals surface area contributed by atoms with E-state index in [0.717, 1.165) is 23.4 Å². The number of amides is 2. The molecule has 1 unspecified atom stereocenters. The van der Waals surface area contributed by atoms with Gasteiger partial charge in [0.2, 0.25) is 11.8 Å². The molecule has 0 radical (unpaired) electrons. The van der Waals surface area contributed by atoms with Gasteiger partial charge < -0.3 is 15.4 Å². The number of carbonyl (C=O) groups is 2. The van der Waals surface area contributed by atoms with Crippen molar-refractivity contribution in [2.45, 2.75) is 24.5 Å². The van der Waals surface area contributed by atoms with E-state index in [-0.39, 0.29) is 23.6 Å². The van der Waals surface area contributed by atoms with E-state index in [1.807, 2.05) is 42.5 Å². The summed E-state index contributed by atoms with van der Waals surface area (Å²) < 4.78 is 7.43. The molecule has 0 fully saturated rings. The van der Waals surface area contributed by atoms with Crippen LogP contribution in [0.5, 0.6) is 5.75 Å². The predicted octanol–water partition coefficient (Wildman–Crippen LogP) is 2.96. The van der Waals surface area contributed by atoms with Gasteiger partial charge in [0.25, 0.3) is 0 Å². The summed E-state index contributed by atoms with van der Waals surface area (Å²) in [5.74, 6) is 0.810. The molecule has 0 aliphatic carbocycles. The first-order valence-electron chi connectivity index (χ1n) is 9.52. The standard InChI is InChI=1S/C21H21N5O3S/c1-14(27)23-15-5-4-6-16(11-15)26-13-22-25-21(26)30-12-20(28)24-18-9-10-29-19-8-3-2-7-17(18)19/h2-8,11,13,18H,9-10,12H2,1H3,(H,23,27)(H,24,28). The molecule has 0 spiro atoms. The third-order valence-electron chi connectivity index (χ3n) is 4.59. The number of hydrogen-bond donors (Lipinski definition) is 2. The number of fused-ring (bicyclic) bond motifs is 1. The fourth-order valence-electron chi connectivity index (χ4n) is 3.29. The van der Waals surface area contributed by atoms with Crippen molar-refractivity contribution in [3.63, 3.8) is 0 Å². The van der Waals surface area contributed by atoms with E-state index in [1.165, 1.54) is 18.7 Å². The quantitative estimate of drug-likeness (QED) is 0.592. The zero-order valence-electron chi connectivity index (χ0n) is 16.4. The van der Waals surface area contributed by atoms with Crippen molar-refractivity contribution in [2.24, 2.45) is 0 Å². The number of rotatable bonds is 6. The molecule has 4 rings (SSSR count). The first-order valence-corrected chi connectivity index (χ1v) is 10.5. The largest absolute Gasteiger partial charge is 0.493 e. The van der Waals surface area contributed by atoms with Gasteiger partial charge in [0, 0.05) is 24.6 Å². The first-order chi connectivity index (χ1) is 14.6. The van der Waals surface area contributed by atoms with E-state index >= 15 is 0 Å². The van der Waals surface area contributed by atoms with Crippen molar-refractivity contribution < 1.29 is 14.3 Å². The van der Waals surface area contributed by atoms with Gasteiger partial charge in [0.05, 0.1) is 24.1 Å².